The number of aromatic nitrogens is 1. The summed E-state index contributed by atoms with van der Waals surface area (Å²) in [6, 6.07) is 13.1. The Bertz CT molecular complexity index is 708. The fourth-order valence-electron chi connectivity index (χ4n) is 3.27. The Hall–Kier alpha value is -2.69. The molecule has 24 heavy (non-hydrogen) atoms. The first kappa shape index (κ1) is 16.2. The summed E-state index contributed by atoms with van der Waals surface area (Å²) < 4.78 is 0. The standard InChI is InChI=1S/C19H20N2O3/c22-17(16-6-10-20-11-7-16)21-12-8-19(9-13-21,18(23)24)14-15-4-2-1-3-5-15/h1-7,10-11H,8-9,12-14H2,(H,23,24). The molecular weight excluding hydrogens is 304 g/mol. The summed E-state index contributed by atoms with van der Waals surface area (Å²) in [5, 5.41) is 9.78. The third kappa shape index (κ3) is 3.30. The summed E-state index contributed by atoms with van der Waals surface area (Å²) in [5.74, 6) is -0.835. The zero-order valence-corrected chi connectivity index (χ0v) is 13.4. The predicted molar refractivity (Wildman–Crippen MR) is 89.6 cm³/mol. The van der Waals surface area contributed by atoms with Crippen molar-refractivity contribution < 1.29 is 14.7 Å². The van der Waals surface area contributed by atoms with Gasteiger partial charge in [-0.2, -0.15) is 0 Å². The minimum absolute atomic E-state index is 0.0592. The lowest BCUT2D eigenvalue weighted by Gasteiger charge is -2.39. The van der Waals surface area contributed by atoms with Crippen molar-refractivity contribution in [3.8, 4) is 0 Å². The average molecular weight is 324 g/mol. The van der Waals surface area contributed by atoms with E-state index in [1.54, 1.807) is 29.4 Å². The highest BCUT2D eigenvalue weighted by atomic mass is 16.4. The number of rotatable bonds is 4. The van der Waals surface area contributed by atoms with Crippen molar-refractivity contribution in [1.29, 1.82) is 0 Å². The van der Waals surface area contributed by atoms with Gasteiger partial charge >= 0.3 is 5.97 Å². The molecule has 3 rings (SSSR count). The van der Waals surface area contributed by atoms with E-state index < -0.39 is 11.4 Å². The summed E-state index contributed by atoms with van der Waals surface area (Å²) in [6.07, 6.45) is 4.62. The third-order valence-electron chi connectivity index (χ3n) is 4.77. The molecule has 1 aliphatic rings. The second-order valence-electron chi connectivity index (χ2n) is 6.28. The van der Waals surface area contributed by atoms with E-state index in [0.717, 1.165) is 5.56 Å². The van der Waals surface area contributed by atoms with Gasteiger partial charge in [-0.15, -0.1) is 0 Å². The molecule has 0 radical (unpaired) electrons. The van der Waals surface area contributed by atoms with Crippen LogP contribution in [0.15, 0.2) is 54.9 Å². The number of nitrogens with zero attached hydrogens (tertiary/aromatic N) is 2. The first-order valence-corrected chi connectivity index (χ1v) is 8.07. The van der Waals surface area contributed by atoms with Crippen LogP contribution in [0.4, 0.5) is 0 Å². The van der Waals surface area contributed by atoms with Crippen molar-refractivity contribution in [2.24, 2.45) is 5.41 Å². The Kier molecular flexibility index (Phi) is 4.60. The molecule has 2 aromatic rings. The molecule has 2 heterocycles. The Balaban J connectivity index is 1.71. The van der Waals surface area contributed by atoms with E-state index >= 15 is 0 Å². The number of carboxylic acid groups (broad SMARTS) is 1. The summed E-state index contributed by atoms with van der Waals surface area (Å²) in [7, 11) is 0. The number of carbonyl (C=O) groups is 2. The molecule has 1 N–H and O–H groups in total. The third-order valence-corrected chi connectivity index (χ3v) is 4.77. The van der Waals surface area contributed by atoms with Crippen molar-refractivity contribution in [2.75, 3.05) is 13.1 Å². The molecule has 1 saturated heterocycles. The largest absolute Gasteiger partial charge is 0.481 e. The number of pyridine rings is 1. The van der Waals surface area contributed by atoms with Gasteiger partial charge in [-0.25, -0.2) is 0 Å². The Morgan fingerprint density at radius 2 is 1.67 bits per heavy atom. The van der Waals surface area contributed by atoms with Gasteiger partial charge in [0.05, 0.1) is 5.41 Å². The van der Waals surface area contributed by atoms with Crippen LogP contribution >= 0.6 is 0 Å². The van der Waals surface area contributed by atoms with E-state index in [-0.39, 0.29) is 5.91 Å². The number of hydrogen-bond donors (Lipinski definition) is 1. The number of hydrogen-bond acceptors (Lipinski definition) is 3. The minimum Gasteiger partial charge on any atom is -0.481 e. The monoisotopic (exact) mass is 324 g/mol. The van der Waals surface area contributed by atoms with Crippen LogP contribution in [-0.4, -0.2) is 40.0 Å². The highest BCUT2D eigenvalue weighted by Gasteiger charge is 2.42. The SMILES string of the molecule is O=C(c1ccncc1)N1CCC(Cc2ccccc2)(C(=O)O)CC1. The molecule has 124 valence electrons. The Labute approximate surface area is 140 Å². The van der Waals surface area contributed by atoms with E-state index in [2.05, 4.69) is 4.98 Å². The molecule has 1 fully saturated rings. The maximum atomic E-state index is 12.5. The number of likely N-dealkylation sites (tertiary alicyclic amines) is 1. The Morgan fingerprint density at radius 1 is 1.04 bits per heavy atom. The fourth-order valence-corrected chi connectivity index (χ4v) is 3.27. The minimum atomic E-state index is -0.795. The van der Waals surface area contributed by atoms with E-state index in [9.17, 15) is 14.7 Å². The van der Waals surface area contributed by atoms with E-state index in [0.29, 0.717) is 37.9 Å². The second kappa shape index (κ2) is 6.83. The number of carboxylic acids is 1. The van der Waals surface area contributed by atoms with Crippen LogP contribution in [0.3, 0.4) is 0 Å². The van der Waals surface area contributed by atoms with E-state index in [1.165, 1.54) is 0 Å². The Morgan fingerprint density at radius 3 is 2.25 bits per heavy atom. The molecule has 0 bridgehead atoms. The van der Waals surface area contributed by atoms with Gasteiger partial charge in [0.25, 0.3) is 5.91 Å². The summed E-state index contributed by atoms with van der Waals surface area (Å²) >= 11 is 0. The zero-order valence-electron chi connectivity index (χ0n) is 13.4. The molecule has 1 aromatic heterocycles. The zero-order chi connectivity index (χ0) is 17.0. The van der Waals surface area contributed by atoms with Crippen LogP contribution in [0.25, 0.3) is 0 Å². The van der Waals surface area contributed by atoms with Gasteiger partial charge in [-0.3, -0.25) is 14.6 Å². The van der Waals surface area contributed by atoms with Gasteiger partial charge in [0, 0.05) is 31.0 Å². The van der Waals surface area contributed by atoms with Gasteiger partial charge in [0.1, 0.15) is 0 Å². The molecule has 1 aromatic carbocycles. The lowest BCUT2D eigenvalue weighted by Crippen LogP contribution is -2.47. The molecular formula is C19H20N2O3. The quantitative estimate of drug-likeness (QED) is 0.938. The number of carbonyl (C=O) groups excluding carboxylic acids is 1. The van der Waals surface area contributed by atoms with Crippen molar-refractivity contribution in [3.63, 3.8) is 0 Å². The van der Waals surface area contributed by atoms with Crippen LogP contribution in [0.2, 0.25) is 0 Å². The summed E-state index contributed by atoms with van der Waals surface area (Å²) in [5.41, 5.74) is 0.820. The van der Waals surface area contributed by atoms with E-state index in [1.807, 2.05) is 30.3 Å². The molecule has 0 spiro atoms. The average Bonchev–Trinajstić information content (AvgIpc) is 2.63. The number of amides is 1. The van der Waals surface area contributed by atoms with Crippen LogP contribution in [0, 0.1) is 5.41 Å². The van der Waals surface area contributed by atoms with Crippen LogP contribution < -0.4 is 0 Å². The normalized spacial score (nSPS) is 16.6. The van der Waals surface area contributed by atoms with Gasteiger partial charge in [0.2, 0.25) is 0 Å². The van der Waals surface area contributed by atoms with Crippen LogP contribution in [-0.2, 0) is 11.2 Å². The smallest absolute Gasteiger partial charge is 0.310 e. The molecule has 1 aliphatic heterocycles. The molecule has 5 heteroatoms. The number of benzene rings is 1. The maximum absolute atomic E-state index is 12.5. The van der Waals surface area contributed by atoms with Crippen molar-refractivity contribution in [3.05, 3.63) is 66.0 Å². The number of aliphatic carboxylic acids is 1. The van der Waals surface area contributed by atoms with Crippen molar-refractivity contribution in [1.82, 2.24) is 9.88 Å². The van der Waals surface area contributed by atoms with Crippen molar-refractivity contribution >= 4 is 11.9 Å². The molecule has 5 nitrogen and oxygen atoms in total. The summed E-state index contributed by atoms with van der Waals surface area (Å²) in [6.45, 7) is 0.917. The lowest BCUT2D eigenvalue weighted by atomic mass is 9.73. The summed E-state index contributed by atoms with van der Waals surface area (Å²) in [4.78, 5) is 30.1. The molecule has 0 atom stereocenters. The molecule has 0 unspecified atom stereocenters. The highest BCUT2D eigenvalue weighted by Crippen LogP contribution is 2.36. The predicted octanol–water partition coefficient (Wildman–Crippen LogP) is 2.63. The topological polar surface area (TPSA) is 70.5 Å². The lowest BCUT2D eigenvalue weighted by molar-refractivity contribution is -0.151. The first-order chi connectivity index (χ1) is 11.6. The first-order valence-electron chi connectivity index (χ1n) is 8.07. The van der Waals surface area contributed by atoms with Crippen molar-refractivity contribution in [2.45, 2.75) is 19.3 Å². The molecule has 1 amide bonds. The molecule has 0 saturated carbocycles. The fraction of sp³-hybridized carbons (Fsp3) is 0.316. The van der Waals surface area contributed by atoms with Crippen LogP contribution in [0.1, 0.15) is 28.8 Å². The molecule has 0 aliphatic carbocycles. The second-order valence-corrected chi connectivity index (χ2v) is 6.28. The van der Waals surface area contributed by atoms with Crippen LogP contribution in [0.5, 0.6) is 0 Å². The van der Waals surface area contributed by atoms with Gasteiger partial charge in [0.15, 0.2) is 0 Å². The van der Waals surface area contributed by atoms with Gasteiger partial charge < -0.3 is 10.0 Å². The van der Waals surface area contributed by atoms with Gasteiger partial charge in [-0.1, -0.05) is 30.3 Å². The highest BCUT2D eigenvalue weighted by molar-refractivity contribution is 5.94. The maximum Gasteiger partial charge on any atom is 0.310 e. The van der Waals surface area contributed by atoms with E-state index in [4.69, 9.17) is 0 Å². The number of piperidine rings is 1. The van der Waals surface area contributed by atoms with Gasteiger partial charge in [-0.05, 0) is 37.0 Å².